The molecule has 1 aliphatic carbocycles. The minimum atomic E-state index is 0.332. The van der Waals surface area contributed by atoms with Crippen LogP contribution in [0.5, 0.6) is 0 Å². The van der Waals surface area contributed by atoms with Gasteiger partial charge in [-0.3, -0.25) is 4.79 Å². The van der Waals surface area contributed by atoms with E-state index in [1.165, 1.54) is 38.8 Å². The summed E-state index contributed by atoms with van der Waals surface area (Å²) < 4.78 is 0. The first-order valence-electron chi connectivity index (χ1n) is 7.89. The van der Waals surface area contributed by atoms with Gasteiger partial charge >= 0.3 is 0 Å². The Kier molecular flexibility index (Phi) is 3.81. The van der Waals surface area contributed by atoms with Crippen molar-refractivity contribution in [1.82, 2.24) is 15.1 Å². The van der Waals surface area contributed by atoms with Crippen LogP contribution >= 0.6 is 0 Å². The summed E-state index contributed by atoms with van der Waals surface area (Å²) in [6.45, 7) is 6.61. The minimum absolute atomic E-state index is 0.332. The van der Waals surface area contributed by atoms with Crippen LogP contribution in [0.15, 0.2) is 0 Å². The van der Waals surface area contributed by atoms with E-state index in [2.05, 4.69) is 10.2 Å². The number of likely N-dealkylation sites (tertiary alicyclic amines) is 1. The van der Waals surface area contributed by atoms with Gasteiger partial charge in [0, 0.05) is 26.1 Å². The SMILES string of the molecule is CN(CCN1CCCC1)C(=O)C1CC12CCNCC2. The van der Waals surface area contributed by atoms with Gasteiger partial charge in [0.2, 0.25) is 5.91 Å². The third-order valence-electron chi connectivity index (χ3n) is 5.41. The fraction of sp³-hybridized carbons (Fsp3) is 0.933. The first-order valence-corrected chi connectivity index (χ1v) is 7.89. The van der Waals surface area contributed by atoms with Gasteiger partial charge in [-0.05, 0) is 63.7 Å². The molecule has 0 bridgehead atoms. The summed E-state index contributed by atoms with van der Waals surface area (Å²) in [7, 11) is 1.99. The molecular formula is C15H27N3O. The van der Waals surface area contributed by atoms with Crippen molar-refractivity contribution in [2.75, 3.05) is 46.3 Å². The average Bonchev–Trinajstić information content (AvgIpc) is 2.90. The third kappa shape index (κ3) is 2.79. The van der Waals surface area contributed by atoms with Crippen LogP contribution in [-0.4, -0.2) is 62.0 Å². The van der Waals surface area contributed by atoms with Crippen molar-refractivity contribution in [3.63, 3.8) is 0 Å². The molecule has 1 atom stereocenters. The molecule has 2 saturated heterocycles. The number of rotatable bonds is 4. The summed E-state index contributed by atoms with van der Waals surface area (Å²) in [4.78, 5) is 16.9. The lowest BCUT2D eigenvalue weighted by molar-refractivity contribution is -0.132. The monoisotopic (exact) mass is 265 g/mol. The molecule has 1 N–H and O–H groups in total. The standard InChI is InChI=1S/C15H27N3O/c1-17(10-11-18-8-2-3-9-18)14(19)13-12-15(13)4-6-16-7-5-15/h13,16H,2-12H2,1H3. The lowest BCUT2D eigenvalue weighted by atomic mass is 9.91. The van der Waals surface area contributed by atoms with Crippen molar-refractivity contribution in [2.24, 2.45) is 11.3 Å². The first kappa shape index (κ1) is 13.4. The zero-order valence-corrected chi connectivity index (χ0v) is 12.2. The summed E-state index contributed by atoms with van der Waals surface area (Å²) in [5, 5.41) is 3.40. The van der Waals surface area contributed by atoms with Crippen LogP contribution < -0.4 is 5.32 Å². The van der Waals surface area contributed by atoms with Gasteiger partial charge in [0.05, 0.1) is 0 Å². The first-order chi connectivity index (χ1) is 9.21. The number of nitrogens with zero attached hydrogens (tertiary/aromatic N) is 2. The Morgan fingerprint density at radius 3 is 2.68 bits per heavy atom. The molecule has 0 aromatic carbocycles. The van der Waals surface area contributed by atoms with Crippen LogP contribution in [0.2, 0.25) is 0 Å². The summed E-state index contributed by atoms with van der Waals surface area (Å²) in [5.41, 5.74) is 0.379. The van der Waals surface area contributed by atoms with E-state index in [0.717, 1.165) is 32.6 Å². The Hall–Kier alpha value is -0.610. The fourth-order valence-corrected chi connectivity index (χ4v) is 3.85. The van der Waals surface area contributed by atoms with E-state index in [0.29, 0.717) is 17.2 Å². The van der Waals surface area contributed by atoms with Crippen LogP contribution in [-0.2, 0) is 4.79 Å². The zero-order chi connectivity index (χ0) is 13.3. The van der Waals surface area contributed by atoms with E-state index < -0.39 is 0 Å². The highest BCUT2D eigenvalue weighted by molar-refractivity contribution is 5.82. The lowest BCUT2D eigenvalue weighted by Gasteiger charge is -2.26. The maximum atomic E-state index is 12.5. The summed E-state index contributed by atoms with van der Waals surface area (Å²) in [6, 6.07) is 0. The van der Waals surface area contributed by atoms with Gasteiger partial charge in [0.1, 0.15) is 0 Å². The molecule has 1 saturated carbocycles. The van der Waals surface area contributed by atoms with E-state index in [9.17, 15) is 4.79 Å². The van der Waals surface area contributed by atoms with E-state index in [4.69, 9.17) is 0 Å². The van der Waals surface area contributed by atoms with Gasteiger partial charge in [-0.25, -0.2) is 0 Å². The van der Waals surface area contributed by atoms with Crippen LogP contribution in [0, 0.1) is 11.3 Å². The third-order valence-corrected chi connectivity index (χ3v) is 5.41. The molecule has 3 rings (SSSR count). The lowest BCUT2D eigenvalue weighted by Crippen LogP contribution is -2.38. The smallest absolute Gasteiger partial charge is 0.226 e. The van der Waals surface area contributed by atoms with Crippen LogP contribution in [0.25, 0.3) is 0 Å². The molecule has 1 spiro atoms. The maximum Gasteiger partial charge on any atom is 0.226 e. The van der Waals surface area contributed by atoms with E-state index >= 15 is 0 Å². The predicted octanol–water partition coefficient (Wildman–Crippen LogP) is 0.930. The number of amides is 1. The van der Waals surface area contributed by atoms with E-state index in [1.807, 2.05) is 11.9 Å². The molecule has 0 aromatic rings. The molecule has 1 amide bonds. The number of carbonyl (C=O) groups excluding carboxylic acids is 1. The molecule has 3 aliphatic rings. The van der Waals surface area contributed by atoms with E-state index in [1.54, 1.807) is 0 Å². The topological polar surface area (TPSA) is 35.6 Å². The van der Waals surface area contributed by atoms with Gasteiger partial charge < -0.3 is 15.1 Å². The van der Waals surface area contributed by atoms with Gasteiger partial charge in [0.25, 0.3) is 0 Å². The highest BCUT2D eigenvalue weighted by Gasteiger charge is 2.58. The molecule has 0 radical (unpaired) electrons. The fourth-order valence-electron chi connectivity index (χ4n) is 3.85. The van der Waals surface area contributed by atoms with Crippen molar-refractivity contribution in [3.8, 4) is 0 Å². The highest BCUT2D eigenvalue weighted by Crippen LogP contribution is 2.59. The maximum absolute atomic E-state index is 12.5. The van der Waals surface area contributed by atoms with Crippen molar-refractivity contribution in [1.29, 1.82) is 0 Å². The normalized spacial score (nSPS) is 29.6. The Bertz CT molecular complexity index is 332. The number of hydrogen-bond acceptors (Lipinski definition) is 3. The van der Waals surface area contributed by atoms with Crippen LogP contribution in [0.3, 0.4) is 0 Å². The molecule has 2 heterocycles. The molecule has 0 aromatic heterocycles. The van der Waals surface area contributed by atoms with Gasteiger partial charge in [-0.15, -0.1) is 0 Å². The van der Waals surface area contributed by atoms with Crippen molar-refractivity contribution >= 4 is 5.91 Å². The number of likely N-dealkylation sites (N-methyl/N-ethyl adjacent to an activating group) is 1. The Balaban J connectivity index is 1.45. The van der Waals surface area contributed by atoms with Gasteiger partial charge in [-0.1, -0.05) is 0 Å². The Labute approximate surface area is 116 Å². The van der Waals surface area contributed by atoms with Crippen LogP contribution in [0.4, 0.5) is 0 Å². The molecule has 1 unspecified atom stereocenters. The summed E-state index contributed by atoms with van der Waals surface area (Å²) in [5.74, 6) is 0.735. The number of carbonyl (C=O) groups is 1. The van der Waals surface area contributed by atoms with Gasteiger partial charge in [-0.2, -0.15) is 0 Å². The second-order valence-corrected chi connectivity index (χ2v) is 6.68. The van der Waals surface area contributed by atoms with Gasteiger partial charge in [0.15, 0.2) is 0 Å². The zero-order valence-electron chi connectivity index (χ0n) is 12.2. The molecule has 108 valence electrons. The molecule has 4 heteroatoms. The second-order valence-electron chi connectivity index (χ2n) is 6.68. The predicted molar refractivity (Wildman–Crippen MR) is 76.0 cm³/mol. The molecule has 2 aliphatic heterocycles. The number of hydrogen-bond donors (Lipinski definition) is 1. The van der Waals surface area contributed by atoms with E-state index in [-0.39, 0.29) is 0 Å². The quantitative estimate of drug-likeness (QED) is 0.821. The number of nitrogens with one attached hydrogen (secondary N) is 1. The second kappa shape index (κ2) is 5.41. The van der Waals surface area contributed by atoms with Crippen molar-refractivity contribution < 1.29 is 4.79 Å². The Morgan fingerprint density at radius 2 is 2.00 bits per heavy atom. The molecule has 4 nitrogen and oxygen atoms in total. The van der Waals surface area contributed by atoms with Crippen molar-refractivity contribution in [2.45, 2.75) is 32.1 Å². The largest absolute Gasteiger partial charge is 0.344 e. The minimum Gasteiger partial charge on any atom is -0.344 e. The summed E-state index contributed by atoms with van der Waals surface area (Å²) >= 11 is 0. The average molecular weight is 265 g/mol. The molecule has 19 heavy (non-hydrogen) atoms. The van der Waals surface area contributed by atoms with Crippen molar-refractivity contribution in [3.05, 3.63) is 0 Å². The molecule has 3 fully saturated rings. The molecular weight excluding hydrogens is 238 g/mol. The van der Waals surface area contributed by atoms with Crippen LogP contribution in [0.1, 0.15) is 32.1 Å². The summed E-state index contributed by atoms with van der Waals surface area (Å²) in [6.07, 6.45) is 6.20. The number of piperidine rings is 1. The highest BCUT2D eigenvalue weighted by atomic mass is 16.2. The Morgan fingerprint density at radius 1 is 1.32 bits per heavy atom.